The van der Waals surface area contributed by atoms with Gasteiger partial charge in [-0.05, 0) is 24.5 Å². The molecule has 0 aliphatic rings. The van der Waals surface area contributed by atoms with E-state index in [1.165, 1.54) is 0 Å². The van der Waals surface area contributed by atoms with E-state index < -0.39 is 0 Å². The van der Waals surface area contributed by atoms with Crippen LogP contribution in [0.15, 0.2) is 29.3 Å². The zero-order valence-corrected chi connectivity index (χ0v) is 13.7. The molecule has 1 aromatic heterocycles. The molecule has 0 N–H and O–H groups in total. The Balaban J connectivity index is 2.34. The summed E-state index contributed by atoms with van der Waals surface area (Å²) in [6, 6.07) is 8.12. The lowest BCUT2D eigenvalue weighted by molar-refractivity contribution is -0.118. The first-order valence-electron chi connectivity index (χ1n) is 7.26. The predicted molar refractivity (Wildman–Crippen MR) is 86.3 cm³/mol. The van der Waals surface area contributed by atoms with E-state index in [0.717, 1.165) is 21.4 Å². The smallest absolute Gasteiger partial charge is 0.248 e. The van der Waals surface area contributed by atoms with Gasteiger partial charge in [-0.1, -0.05) is 37.3 Å². The van der Waals surface area contributed by atoms with Gasteiger partial charge in [-0.15, -0.1) is 0 Å². The molecule has 2 rings (SSSR count). The van der Waals surface area contributed by atoms with Gasteiger partial charge in [0, 0.05) is 20.1 Å². The molecule has 1 amide bonds. The van der Waals surface area contributed by atoms with Crippen molar-refractivity contribution in [1.29, 1.82) is 0 Å². The van der Waals surface area contributed by atoms with Crippen molar-refractivity contribution in [2.45, 2.75) is 33.2 Å². The molecule has 1 aromatic carbocycles. The standard InChI is InChI=1S/C16H22N2O2S/c1-12(2)8-9-15(19)17-16-18(10-11-20-3)13-6-4-5-7-14(13)21-16/h4-7,12H,8-11H2,1-3H3/b17-16-. The number of methoxy groups -OCH3 is 1. The minimum Gasteiger partial charge on any atom is -0.383 e. The number of aromatic nitrogens is 1. The van der Waals surface area contributed by atoms with Crippen molar-refractivity contribution in [1.82, 2.24) is 4.57 Å². The molecule has 21 heavy (non-hydrogen) atoms. The first-order valence-corrected chi connectivity index (χ1v) is 8.08. The highest BCUT2D eigenvalue weighted by molar-refractivity contribution is 7.16. The molecule has 5 heteroatoms. The van der Waals surface area contributed by atoms with Crippen molar-refractivity contribution in [3.05, 3.63) is 29.1 Å². The van der Waals surface area contributed by atoms with Crippen molar-refractivity contribution in [3.8, 4) is 0 Å². The minimum absolute atomic E-state index is 0.0403. The molecule has 0 aliphatic heterocycles. The molecule has 0 saturated carbocycles. The van der Waals surface area contributed by atoms with E-state index in [0.29, 0.717) is 25.5 Å². The summed E-state index contributed by atoms with van der Waals surface area (Å²) >= 11 is 1.56. The third-order valence-electron chi connectivity index (χ3n) is 3.26. The lowest BCUT2D eigenvalue weighted by Gasteiger charge is -2.04. The number of para-hydroxylation sites is 1. The summed E-state index contributed by atoms with van der Waals surface area (Å²) in [6.07, 6.45) is 1.39. The van der Waals surface area contributed by atoms with E-state index >= 15 is 0 Å². The molecule has 0 aliphatic carbocycles. The average Bonchev–Trinajstić information content (AvgIpc) is 2.80. The van der Waals surface area contributed by atoms with Crippen molar-refractivity contribution in [3.63, 3.8) is 0 Å². The molecular formula is C16H22N2O2S. The number of carbonyl (C=O) groups excluding carboxylic acids is 1. The van der Waals surface area contributed by atoms with Crippen LogP contribution in [0.1, 0.15) is 26.7 Å². The third kappa shape index (κ3) is 4.25. The van der Waals surface area contributed by atoms with E-state index in [1.807, 2.05) is 12.1 Å². The Kier molecular flexibility index (Phi) is 5.70. The van der Waals surface area contributed by atoms with Crippen LogP contribution in [-0.4, -0.2) is 24.2 Å². The van der Waals surface area contributed by atoms with Crippen LogP contribution in [0, 0.1) is 5.92 Å². The van der Waals surface area contributed by atoms with E-state index in [4.69, 9.17) is 4.74 Å². The summed E-state index contributed by atoms with van der Waals surface area (Å²) in [5.41, 5.74) is 1.11. The Morgan fingerprint density at radius 2 is 2.14 bits per heavy atom. The first-order chi connectivity index (χ1) is 10.1. The van der Waals surface area contributed by atoms with E-state index in [1.54, 1.807) is 18.4 Å². The van der Waals surface area contributed by atoms with Crippen molar-refractivity contribution in [2.24, 2.45) is 10.9 Å². The van der Waals surface area contributed by atoms with Gasteiger partial charge >= 0.3 is 0 Å². The molecule has 0 saturated heterocycles. The van der Waals surface area contributed by atoms with Gasteiger partial charge in [0.2, 0.25) is 5.91 Å². The second-order valence-electron chi connectivity index (χ2n) is 5.43. The summed E-state index contributed by atoms with van der Waals surface area (Å²) in [4.78, 5) is 17.1. The van der Waals surface area contributed by atoms with Crippen LogP contribution in [0.2, 0.25) is 0 Å². The maximum absolute atomic E-state index is 12.0. The number of amides is 1. The minimum atomic E-state index is -0.0403. The van der Waals surface area contributed by atoms with Crippen LogP contribution in [0.4, 0.5) is 0 Å². The highest BCUT2D eigenvalue weighted by Crippen LogP contribution is 2.16. The summed E-state index contributed by atoms with van der Waals surface area (Å²) in [7, 11) is 1.68. The van der Waals surface area contributed by atoms with Crippen molar-refractivity contribution < 1.29 is 9.53 Å². The van der Waals surface area contributed by atoms with Crippen LogP contribution in [0.5, 0.6) is 0 Å². The van der Waals surface area contributed by atoms with Crippen molar-refractivity contribution >= 4 is 27.5 Å². The topological polar surface area (TPSA) is 43.6 Å². The molecule has 0 unspecified atom stereocenters. The summed E-state index contributed by atoms with van der Waals surface area (Å²) in [6.45, 7) is 5.54. The lowest BCUT2D eigenvalue weighted by atomic mass is 10.1. The number of thiazole rings is 1. The quantitative estimate of drug-likeness (QED) is 0.822. The zero-order chi connectivity index (χ0) is 15.2. The van der Waals surface area contributed by atoms with Gasteiger partial charge in [0.15, 0.2) is 4.80 Å². The second-order valence-corrected chi connectivity index (χ2v) is 6.44. The van der Waals surface area contributed by atoms with Gasteiger partial charge in [0.25, 0.3) is 0 Å². The van der Waals surface area contributed by atoms with E-state index in [2.05, 4.69) is 35.5 Å². The molecule has 0 atom stereocenters. The molecule has 0 fully saturated rings. The van der Waals surface area contributed by atoms with Gasteiger partial charge in [-0.2, -0.15) is 4.99 Å². The number of ether oxygens (including phenoxy) is 1. The summed E-state index contributed by atoms with van der Waals surface area (Å²) < 4.78 is 8.37. The third-order valence-corrected chi connectivity index (χ3v) is 4.32. The monoisotopic (exact) mass is 306 g/mol. The Morgan fingerprint density at radius 1 is 1.38 bits per heavy atom. The number of hydrogen-bond acceptors (Lipinski definition) is 3. The molecule has 4 nitrogen and oxygen atoms in total. The molecule has 0 bridgehead atoms. The largest absolute Gasteiger partial charge is 0.383 e. The van der Waals surface area contributed by atoms with Gasteiger partial charge < -0.3 is 9.30 Å². The van der Waals surface area contributed by atoms with Gasteiger partial charge in [0.05, 0.1) is 16.8 Å². The summed E-state index contributed by atoms with van der Waals surface area (Å²) in [5.74, 6) is 0.480. The molecule has 114 valence electrons. The maximum atomic E-state index is 12.0. The molecule has 1 heterocycles. The number of benzene rings is 1. The van der Waals surface area contributed by atoms with Crippen LogP contribution in [-0.2, 0) is 16.1 Å². The average molecular weight is 306 g/mol. The fourth-order valence-electron chi connectivity index (χ4n) is 2.08. The number of nitrogens with zero attached hydrogens (tertiary/aromatic N) is 2. The van der Waals surface area contributed by atoms with Crippen LogP contribution < -0.4 is 4.80 Å². The fourth-order valence-corrected chi connectivity index (χ4v) is 3.15. The predicted octanol–water partition coefficient (Wildman–Crippen LogP) is 3.21. The Hall–Kier alpha value is -1.46. The lowest BCUT2D eigenvalue weighted by Crippen LogP contribution is -2.19. The van der Waals surface area contributed by atoms with Crippen molar-refractivity contribution in [2.75, 3.05) is 13.7 Å². The van der Waals surface area contributed by atoms with Gasteiger partial charge in [0.1, 0.15) is 0 Å². The highest BCUT2D eigenvalue weighted by atomic mass is 32.1. The van der Waals surface area contributed by atoms with E-state index in [-0.39, 0.29) is 5.91 Å². The number of fused-ring (bicyclic) bond motifs is 1. The Morgan fingerprint density at radius 3 is 2.86 bits per heavy atom. The molecule has 0 spiro atoms. The fraction of sp³-hybridized carbons (Fsp3) is 0.500. The maximum Gasteiger partial charge on any atom is 0.248 e. The number of hydrogen-bond donors (Lipinski definition) is 0. The first kappa shape index (κ1) is 15.9. The Bertz CT molecular complexity index is 670. The van der Waals surface area contributed by atoms with Gasteiger partial charge in [-0.25, -0.2) is 0 Å². The number of carbonyl (C=O) groups is 1. The molecule has 2 aromatic rings. The van der Waals surface area contributed by atoms with Crippen LogP contribution in [0.25, 0.3) is 10.2 Å². The van der Waals surface area contributed by atoms with Gasteiger partial charge in [-0.3, -0.25) is 4.79 Å². The zero-order valence-electron chi connectivity index (χ0n) is 12.8. The molecular weight excluding hydrogens is 284 g/mol. The highest BCUT2D eigenvalue weighted by Gasteiger charge is 2.08. The molecule has 0 radical (unpaired) electrons. The summed E-state index contributed by atoms with van der Waals surface area (Å²) in [5, 5.41) is 0. The normalized spacial score (nSPS) is 12.5. The van der Waals surface area contributed by atoms with E-state index in [9.17, 15) is 4.79 Å². The Labute approximate surface area is 129 Å². The van der Waals surface area contributed by atoms with Crippen LogP contribution >= 0.6 is 11.3 Å². The van der Waals surface area contributed by atoms with Crippen LogP contribution in [0.3, 0.4) is 0 Å². The number of rotatable bonds is 6. The SMILES string of the molecule is COCCn1/c(=N/C(=O)CCC(C)C)sc2ccccc21. The second kappa shape index (κ2) is 7.52.